The van der Waals surface area contributed by atoms with Gasteiger partial charge in [-0.2, -0.15) is 0 Å². The molecule has 1 aromatic carbocycles. The molecule has 0 radical (unpaired) electrons. The Morgan fingerprint density at radius 1 is 1.24 bits per heavy atom. The maximum Gasteiger partial charge on any atom is 0.145 e. The van der Waals surface area contributed by atoms with E-state index in [1.165, 1.54) is 0 Å². The van der Waals surface area contributed by atoms with Gasteiger partial charge in [0.1, 0.15) is 11.4 Å². The number of aromatic nitrogens is 1. The Morgan fingerprint density at radius 2 is 2.06 bits per heavy atom. The predicted molar refractivity (Wildman–Crippen MR) is 68.8 cm³/mol. The molecule has 0 amide bonds. The van der Waals surface area contributed by atoms with Crippen LogP contribution in [0.25, 0.3) is 11.3 Å². The summed E-state index contributed by atoms with van der Waals surface area (Å²) in [5, 5.41) is 0. The normalized spacial score (nSPS) is 12.2. The third kappa shape index (κ3) is 2.45. The highest BCUT2D eigenvalue weighted by Gasteiger charge is 2.08. The third-order valence-corrected chi connectivity index (χ3v) is 2.68. The number of ether oxygens (including phenoxy) is 1. The first-order valence-electron chi connectivity index (χ1n) is 5.57. The first-order valence-corrected chi connectivity index (χ1v) is 5.57. The zero-order chi connectivity index (χ0) is 12.3. The number of methoxy groups -OCH3 is 1. The van der Waals surface area contributed by atoms with Crippen molar-refractivity contribution in [2.45, 2.75) is 13.0 Å². The molecule has 1 aromatic heterocycles. The molecule has 3 nitrogen and oxygen atoms in total. The van der Waals surface area contributed by atoms with E-state index >= 15 is 0 Å². The minimum Gasteiger partial charge on any atom is -0.494 e. The van der Waals surface area contributed by atoms with Crippen LogP contribution in [0, 0.1) is 0 Å². The molecular weight excluding hydrogens is 212 g/mol. The van der Waals surface area contributed by atoms with Crippen LogP contribution in [-0.4, -0.2) is 12.1 Å². The number of nitrogens with zero attached hydrogens (tertiary/aromatic N) is 1. The van der Waals surface area contributed by atoms with E-state index < -0.39 is 0 Å². The van der Waals surface area contributed by atoms with E-state index in [4.69, 9.17) is 10.5 Å². The molecule has 2 aromatic rings. The summed E-state index contributed by atoms with van der Waals surface area (Å²) < 4.78 is 5.31. The summed E-state index contributed by atoms with van der Waals surface area (Å²) >= 11 is 0. The molecule has 2 rings (SSSR count). The Labute approximate surface area is 101 Å². The second-order valence-electron chi connectivity index (χ2n) is 3.97. The fraction of sp³-hybridized carbons (Fsp3) is 0.214. The number of rotatable bonds is 3. The first kappa shape index (κ1) is 11.6. The SMILES string of the molecule is COc1cccnc1-c1cccc(C(C)N)c1. The molecule has 0 aliphatic rings. The van der Waals surface area contributed by atoms with Gasteiger partial charge in [-0.25, -0.2) is 0 Å². The largest absolute Gasteiger partial charge is 0.494 e. The Morgan fingerprint density at radius 3 is 2.76 bits per heavy atom. The second kappa shape index (κ2) is 4.97. The molecule has 0 fully saturated rings. The molecule has 1 unspecified atom stereocenters. The number of hydrogen-bond donors (Lipinski definition) is 1. The minimum atomic E-state index is 0.0182. The summed E-state index contributed by atoms with van der Waals surface area (Å²) in [5.41, 5.74) is 8.84. The lowest BCUT2D eigenvalue weighted by molar-refractivity contribution is 0.415. The zero-order valence-corrected chi connectivity index (χ0v) is 10.1. The molecule has 0 aliphatic heterocycles. The zero-order valence-electron chi connectivity index (χ0n) is 10.1. The number of benzene rings is 1. The van der Waals surface area contributed by atoms with Crippen LogP contribution < -0.4 is 10.5 Å². The highest BCUT2D eigenvalue weighted by molar-refractivity contribution is 5.66. The lowest BCUT2D eigenvalue weighted by Gasteiger charge is -2.10. The average molecular weight is 228 g/mol. The van der Waals surface area contributed by atoms with Crippen molar-refractivity contribution in [1.82, 2.24) is 4.98 Å². The summed E-state index contributed by atoms with van der Waals surface area (Å²) in [6.07, 6.45) is 1.76. The average Bonchev–Trinajstić information content (AvgIpc) is 2.39. The van der Waals surface area contributed by atoms with Gasteiger partial charge in [-0.1, -0.05) is 18.2 Å². The third-order valence-electron chi connectivity index (χ3n) is 2.68. The molecule has 17 heavy (non-hydrogen) atoms. The fourth-order valence-corrected chi connectivity index (χ4v) is 1.74. The number of pyridine rings is 1. The van der Waals surface area contributed by atoms with E-state index in [-0.39, 0.29) is 6.04 Å². The predicted octanol–water partition coefficient (Wildman–Crippen LogP) is 2.78. The Hall–Kier alpha value is -1.87. The van der Waals surface area contributed by atoms with Crippen molar-refractivity contribution in [1.29, 1.82) is 0 Å². The van der Waals surface area contributed by atoms with Gasteiger partial charge in [0.05, 0.1) is 7.11 Å². The highest BCUT2D eigenvalue weighted by atomic mass is 16.5. The van der Waals surface area contributed by atoms with Crippen LogP contribution in [0.3, 0.4) is 0 Å². The van der Waals surface area contributed by atoms with Crippen LogP contribution >= 0.6 is 0 Å². The summed E-state index contributed by atoms with van der Waals surface area (Å²) in [6.45, 7) is 1.97. The molecular formula is C14H16N2O. The molecule has 88 valence electrons. The van der Waals surface area contributed by atoms with Crippen molar-refractivity contribution >= 4 is 0 Å². The molecule has 3 heteroatoms. The smallest absolute Gasteiger partial charge is 0.145 e. The van der Waals surface area contributed by atoms with Crippen LogP contribution in [0.2, 0.25) is 0 Å². The fourth-order valence-electron chi connectivity index (χ4n) is 1.74. The van der Waals surface area contributed by atoms with E-state index in [9.17, 15) is 0 Å². The van der Waals surface area contributed by atoms with Gasteiger partial charge in [0, 0.05) is 17.8 Å². The lowest BCUT2D eigenvalue weighted by atomic mass is 10.0. The van der Waals surface area contributed by atoms with Gasteiger partial charge in [0.15, 0.2) is 0 Å². The standard InChI is InChI=1S/C14H16N2O/c1-10(15)11-5-3-6-12(9-11)14-13(17-2)7-4-8-16-14/h3-10H,15H2,1-2H3. The molecule has 0 saturated carbocycles. The lowest BCUT2D eigenvalue weighted by Crippen LogP contribution is -2.04. The van der Waals surface area contributed by atoms with Gasteiger partial charge in [0.2, 0.25) is 0 Å². The molecule has 2 N–H and O–H groups in total. The van der Waals surface area contributed by atoms with Crippen molar-refractivity contribution < 1.29 is 4.74 Å². The van der Waals surface area contributed by atoms with Crippen molar-refractivity contribution in [3.8, 4) is 17.0 Å². The second-order valence-corrected chi connectivity index (χ2v) is 3.97. The van der Waals surface area contributed by atoms with Crippen LogP contribution in [0.4, 0.5) is 0 Å². The van der Waals surface area contributed by atoms with E-state index in [0.29, 0.717) is 0 Å². The van der Waals surface area contributed by atoms with E-state index in [2.05, 4.69) is 11.1 Å². The van der Waals surface area contributed by atoms with Gasteiger partial charge in [-0.05, 0) is 30.7 Å². The Balaban J connectivity index is 2.49. The monoisotopic (exact) mass is 228 g/mol. The first-order chi connectivity index (χ1) is 8.22. The van der Waals surface area contributed by atoms with Crippen LogP contribution in [-0.2, 0) is 0 Å². The Kier molecular flexibility index (Phi) is 3.40. The molecule has 1 heterocycles. The van der Waals surface area contributed by atoms with Crippen LogP contribution in [0.15, 0.2) is 42.6 Å². The molecule has 0 bridgehead atoms. The maximum atomic E-state index is 5.88. The molecule has 0 spiro atoms. The van der Waals surface area contributed by atoms with Crippen molar-refractivity contribution in [3.05, 3.63) is 48.2 Å². The van der Waals surface area contributed by atoms with Crippen LogP contribution in [0.1, 0.15) is 18.5 Å². The summed E-state index contributed by atoms with van der Waals surface area (Å²) in [4.78, 5) is 4.35. The molecule has 0 saturated heterocycles. The molecule has 0 aliphatic carbocycles. The topological polar surface area (TPSA) is 48.1 Å². The van der Waals surface area contributed by atoms with E-state index in [1.807, 2.05) is 37.3 Å². The summed E-state index contributed by atoms with van der Waals surface area (Å²) in [6, 6.07) is 11.8. The quantitative estimate of drug-likeness (QED) is 0.878. The van der Waals surface area contributed by atoms with E-state index in [0.717, 1.165) is 22.6 Å². The van der Waals surface area contributed by atoms with Crippen molar-refractivity contribution in [2.24, 2.45) is 5.73 Å². The van der Waals surface area contributed by atoms with E-state index in [1.54, 1.807) is 13.3 Å². The maximum absolute atomic E-state index is 5.88. The minimum absolute atomic E-state index is 0.0182. The van der Waals surface area contributed by atoms with Crippen molar-refractivity contribution in [2.75, 3.05) is 7.11 Å². The highest BCUT2D eigenvalue weighted by Crippen LogP contribution is 2.28. The van der Waals surface area contributed by atoms with Gasteiger partial charge < -0.3 is 10.5 Å². The van der Waals surface area contributed by atoms with Gasteiger partial charge in [-0.3, -0.25) is 4.98 Å². The Bertz CT molecular complexity index is 509. The van der Waals surface area contributed by atoms with Gasteiger partial charge >= 0.3 is 0 Å². The number of hydrogen-bond acceptors (Lipinski definition) is 3. The summed E-state index contributed by atoms with van der Waals surface area (Å²) in [7, 11) is 1.65. The van der Waals surface area contributed by atoms with Gasteiger partial charge in [0.25, 0.3) is 0 Å². The van der Waals surface area contributed by atoms with Crippen LogP contribution in [0.5, 0.6) is 5.75 Å². The molecule has 1 atom stereocenters. The van der Waals surface area contributed by atoms with Gasteiger partial charge in [-0.15, -0.1) is 0 Å². The summed E-state index contributed by atoms with van der Waals surface area (Å²) in [5.74, 6) is 0.773. The van der Waals surface area contributed by atoms with Crippen molar-refractivity contribution in [3.63, 3.8) is 0 Å². The number of nitrogens with two attached hydrogens (primary N) is 1.